The van der Waals surface area contributed by atoms with Crippen molar-refractivity contribution in [2.75, 3.05) is 0 Å². The van der Waals surface area contributed by atoms with Crippen LogP contribution in [0.15, 0.2) is 218 Å². The first kappa shape index (κ1) is 36.6. The molecule has 10 aromatic rings. The van der Waals surface area contributed by atoms with Crippen LogP contribution in [0.25, 0.3) is 67.2 Å². The average molecular weight is 793 g/mol. The molecule has 0 fully saturated rings. The van der Waals surface area contributed by atoms with E-state index in [-0.39, 0.29) is 0 Å². The van der Waals surface area contributed by atoms with Crippen LogP contribution in [0.5, 0.6) is 11.5 Å². The molecule has 0 bridgehead atoms. The van der Waals surface area contributed by atoms with Crippen molar-refractivity contribution < 1.29 is 4.74 Å². The predicted molar refractivity (Wildman–Crippen MR) is 248 cm³/mol. The third-order valence-electron chi connectivity index (χ3n) is 11.9. The van der Waals surface area contributed by atoms with Gasteiger partial charge in [0.05, 0.1) is 17.0 Å². The highest BCUT2D eigenvalue weighted by atomic mass is 16.5. The van der Waals surface area contributed by atoms with Gasteiger partial charge in [-0.3, -0.25) is 0 Å². The van der Waals surface area contributed by atoms with Crippen molar-refractivity contribution in [2.45, 2.75) is 5.41 Å². The zero-order valence-electron chi connectivity index (χ0n) is 33.5. The highest BCUT2D eigenvalue weighted by Gasteiger charge is 2.46. The third-order valence-corrected chi connectivity index (χ3v) is 11.9. The van der Waals surface area contributed by atoms with Crippen molar-refractivity contribution in [2.24, 2.45) is 0 Å². The highest BCUT2D eigenvalue weighted by molar-refractivity contribution is 5.93. The maximum Gasteiger partial charge on any atom is 0.164 e. The quantitative estimate of drug-likeness (QED) is 0.161. The Morgan fingerprint density at radius 1 is 0.387 bits per heavy atom. The van der Waals surface area contributed by atoms with Crippen LogP contribution < -0.4 is 4.74 Å². The normalized spacial score (nSPS) is 12.4. The topological polar surface area (TPSA) is 71.7 Å². The minimum atomic E-state index is -0.656. The van der Waals surface area contributed by atoms with Gasteiger partial charge in [0.25, 0.3) is 0 Å². The zero-order valence-corrected chi connectivity index (χ0v) is 33.5. The molecule has 0 N–H and O–H groups in total. The van der Waals surface area contributed by atoms with E-state index in [1.54, 1.807) is 12.1 Å². The summed E-state index contributed by atoms with van der Waals surface area (Å²) in [5.41, 5.74) is 11.3. The van der Waals surface area contributed by atoms with Crippen molar-refractivity contribution >= 4 is 10.8 Å². The number of nitrogens with zero attached hydrogens (tertiary/aromatic N) is 4. The lowest BCUT2D eigenvalue weighted by molar-refractivity contribution is 0.440. The van der Waals surface area contributed by atoms with Crippen LogP contribution in [0.2, 0.25) is 0 Å². The lowest BCUT2D eigenvalue weighted by Crippen LogP contribution is -2.34. The first-order chi connectivity index (χ1) is 30.7. The van der Waals surface area contributed by atoms with Gasteiger partial charge in [-0.1, -0.05) is 170 Å². The van der Waals surface area contributed by atoms with Crippen molar-refractivity contribution in [1.82, 2.24) is 15.0 Å². The van der Waals surface area contributed by atoms with Crippen molar-refractivity contribution in [1.29, 1.82) is 5.26 Å². The van der Waals surface area contributed by atoms with Gasteiger partial charge in [0.1, 0.15) is 11.5 Å². The van der Waals surface area contributed by atoms with Gasteiger partial charge in [0.2, 0.25) is 0 Å². The van der Waals surface area contributed by atoms with E-state index in [0.717, 1.165) is 72.3 Å². The molecular weight excluding hydrogens is 757 g/mol. The highest BCUT2D eigenvalue weighted by Crippen LogP contribution is 2.57. The number of hydrogen-bond donors (Lipinski definition) is 0. The maximum absolute atomic E-state index is 9.41. The van der Waals surface area contributed by atoms with Gasteiger partial charge < -0.3 is 4.74 Å². The molecule has 0 spiro atoms. The van der Waals surface area contributed by atoms with Crippen LogP contribution in [-0.2, 0) is 5.41 Å². The second kappa shape index (κ2) is 15.3. The standard InChI is InChI=1S/C57H36N4O/c58-37-38-26-28-41(29-27-38)55-59-54(40-15-4-1-5-16-40)60-56(61-55)46-20-13-19-44(35-46)42-17-12-18-43(34-42)45-31-33-52-51(36-45)57(47-21-6-2-7-22-47,48-23-8-3-9-24-48)50-32-30-39-14-10-11-25-49(39)53(50)62-52/h1-36H. The van der Waals surface area contributed by atoms with Crippen LogP contribution >= 0.6 is 0 Å². The van der Waals surface area contributed by atoms with Gasteiger partial charge in [-0.05, 0) is 87.3 Å². The molecule has 0 amide bonds. The lowest BCUT2D eigenvalue weighted by atomic mass is 9.63. The van der Waals surface area contributed by atoms with Crippen molar-refractivity contribution in [3.8, 4) is 74.0 Å². The Morgan fingerprint density at radius 3 is 1.50 bits per heavy atom. The first-order valence-corrected chi connectivity index (χ1v) is 20.6. The maximum atomic E-state index is 9.41. The number of rotatable bonds is 7. The summed E-state index contributed by atoms with van der Waals surface area (Å²) < 4.78 is 6.98. The molecule has 0 saturated heterocycles. The van der Waals surface area contributed by atoms with E-state index in [1.807, 2.05) is 48.5 Å². The van der Waals surface area contributed by atoms with Gasteiger partial charge in [-0.15, -0.1) is 0 Å². The number of nitriles is 1. The number of hydrogen-bond acceptors (Lipinski definition) is 5. The molecule has 62 heavy (non-hydrogen) atoms. The molecule has 11 rings (SSSR count). The van der Waals surface area contributed by atoms with Gasteiger partial charge in [-0.25, -0.2) is 15.0 Å². The molecule has 0 radical (unpaired) electrons. The Bertz CT molecular complexity index is 3280. The fourth-order valence-corrected chi connectivity index (χ4v) is 8.92. The summed E-state index contributed by atoms with van der Waals surface area (Å²) in [6, 6.07) is 77.7. The third kappa shape index (κ3) is 6.30. The summed E-state index contributed by atoms with van der Waals surface area (Å²) in [6.07, 6.45) is 0. The summed E-state index contributed by atoms with van der Waals surface area (Å²) >= 11 is 0. The summed E-state index contributed by atoms with van der Waals surface area (Å²) in [7, 11) is 0. The molecule has 1 aliphatic rings. The Kier molecular flexibility index (Phi) is 9.03. The average Bonchev–Trinajstić information content (AvgIpc) is 3.36. The minimum absolute atomic E-state index is 0.542. The van der Waals surface area contributed by atoms with E-state index in [9.17, 15) is 5.26 Å². The molecule has 5 heteroatoms. The number of aromatic nitrogens is 3. The molecule has 1 aliphatic heterocycles. The zero-order chi connectivity index (χ0) is 41.5. The summed E-state index contributed by atoms with van der Waals surface area (Å²) in [6.45, 7) is 0. The summed E-state index contributed by atoms with van der Waals surface area (Å²) in [4.78, 5) is 14.8. The van der Waals surface area contributed by atoms with Crippen LogP contribution in [-0.4, -0.2) is 15.0 Å². The Labute approximate surface area is 359 Å². The second-order valence-corrected chi connectivity index (χ2v) is 15.5. The molecule has 290 valence electrons. The molecule has 0 atom stereocenters. The van der Waals surface area contributed by atoms with E-state index in [1.165, 1.54) is 11.1 Å². The van der Waals surface area contributed by atoms with E-state index in [4.69, 9.17) is 19.7 Å². The Balaban J connectivity index is 1.03. The fourth-order valence-electron chi connectivity index (χ4n) is 8.92. The van der Waals surface area contributed by atoms with Gasteiger partial charge in [-0.2, -0.15) is 5.26 Å². The molecule has 0 unspecified atom stereocenters. The molecular formula is C57H36N4O. The minimum Gasteiger partial charge on any atom is -0.456 e. The van der Waals surface area contributed by atoms with Crippen LogP contribution in [0.3, 0.4) is 0 Å². The second-order valence-electron chi connectivity index (χ2n) is 15.5. The monoisotopic (exact) mass is 792 g/mol. The van der Waals surface area contributed by atoms with Crippen LogP contribution in [0, 0.1) is 11.3 Å². The van der Waals surface area contributed by atoms with E-state index >= 15 is 0 Å². The van der Waals surface area contributed by atoms with E-state index < -0.39 is 5.41 Å². The smallest absolute Gasteiger partial charge is 0.164 e. The molecule has 2 heterocycles. The number of ether oxygens (including phenoxy) is 1. The molecule has 9 aromatic carbocycles. The van der Waals surface area contributed by atoms with E-state index in [0.29, 0.717) is 23.0 Å². The molecule has 0 aliphatic carbocycles. The predicted octanol–water partition coefficient (Wildman–Crippen LogP) is 13.7. The molecule has 5 nitrogen and oxygen atoms in total. The summed E-state index contributed by atoms with van der Waals surface area (Å²) in [5, 5.41) is 11.6. The van der Waals surface area contributed by atoms with Crippen LogP contribution in [0.4, 0.5) is 0 Å². The Morgan fingerprint density at radius 2 is 0.871 bits per heavy atom. The molecule has 1 aromatic heterocycles. The van der Waals surface area contributed by atoms with Crippen molar-refractivity contribution in [3.05, 3.63) is 246 Å². The van der Waals surface area contributed by atoms with Gasteiger partial charge in [0.15, 0.2) is 17.5 Å². The van der Waals surface area contributed by atoms with Gasteiger partial charge >= 0.3 is 0 Å². The summed E-state index contributed by atoms with van der Waals surface area (Å²) in [5.74, 6) is 3.41. The SMILES string of the molecule is N#Cc1ccc(-c2nc(-c3ccccc3)nc(-c3cccc(-c4cccc(-c5ccc6c(c5)C(c5ccccc5)(c5ccccc5)c5ccc7ccccc7c5O6)c4)c3)n2)cc1. The Hall–Kier alpha value is -8.46. The van der Waals surface area contributed by atoms with Crippen molar-refractivity contribution in [3.63, 3.8) is 0 Å². The first-order valence-electron chi connectivity index (χ1n) is 20.6. The molecule has 0 saturated carbocycles. The van der Waals surface area contributed by atoms with Gasteiger partial charge in [0, 0.05) is 33.2 Å². The largest absolute Gasteiger partial charge is 0.456 e. The fraction of sp³-hybridized carbons (Fsp3) is 0.0175. The lowest BCUT2D eigenvalue weighted by Gasteiger charge is -2.42. The van der Waals surface area contributed by atoms with Crippen LogP contribution in [0.1, 0.15) is 27.8 Å². The van der Waals surface area contributed by atoms with E-state index in [2.05, 4.69) is 164 Å². The number of benzene rings is 9. The number of fused-ring (bicyclic) bond motifs is 4.